The number of carbonyl (C=O) groups is 1. The van der Waals surface area contributed by atoms with E-state index in [4.69, 9.17) is 9.47 Å². The summed E-state index contributed by atoms with van der Waals surface area (Å²) in [5, 5.41) is 10.3. The number of hydrogen-bond donors (Lipinski definition) is 2. The molecule has 2 rings (SSSR count). The van der Waals surface area contributed by atoms with Gasteiger partial charge in [-0.1, -0.05) is 0 Å². The van der Waals surface area contributed by atoms with Crippen LogP contribution in [0, 0.1) is 3.57 Å². The third kappa shape index (κ3) is 3.72. The molecule has 0 radical (unpaired) electrons. The fraction of sp³-hybridized carbons (Fsp3) is 0.154. The Labute approximate surface area is 134 Å². The SMILES string of the molecule is COc1ccc(/C=N/NC(=O)c2[nH]ncc2I)cc1OC. The van der Waals surface area contributed by atoms with E-state index < -0.39 is 0 Å². The third-order valence-electron chi connectivity index (χ3n) is 2.61. The molecular formula is C13H13IN4O3. The summed E-state index contributed by atoms with van der Waals surface area (Å²) in [6.45, 7) is 0. The van der Waals surface area contributed by atoms with Crippen molar-refractivity contribution >= 4 is 34.7 Å². The van der Waals surface area contributed by atoms with Crippen molar-refractivity contribution in [1.29, 1.82) is 0 Å². The van der Waals surface area contributed by atoms with Gasteiger partial charge >= 0.3 is 0 Å². The maximum atomic E-state index is 11.8. The summed E-state index contributed by atoms with van der Waals surface area (Å²) < 4.78 is 11.1. The summed E-state index contributed by atoms with van der Waals surface area (Å²) in [7, 11) is 3.12. The first-order valence-corrected chi connectivity index (χ1v) is 6.98. The van der Waals surface area contributed by atoms with Gasteiger partial charge in [0.25, 0.3) is 5.91 Å². The standard InChI is InChI=1S/C13H13IN4O3/c1-20-10-4-3-8(5-11(10)21-2)6-15-18-13(19)12-9(14)7-16-17-12/h3-7H,1-2H3,(H,16,17)(H,18,19)/b15-6+. The second kappa shape index (κ2) is 7.07. The molecule has 0 aliphatic rings. The first-order chi connectivity index (χ1) is 10.2. The van der Waals surface area contributed by atoms with E-state index in [0.29, 0.717) is 17.2 Å². The first-order valence-electron chi connectivity index (χ1n) is 5.90. The molecule has 0 saturated heterocycles. The van der Waals surface area contributed by atoms with Crippen LogP contribution in [-0.4, -0.2) is 36.5 Å². The molecule has 0 saturated carbocycles. The van der Waals surface area contributed by atoms with Crippen molar-refractivity contribution < 1.29 is 14.3 Å². The molecule has 1 aromatic carbocycles. The molecule has 1 heterocycles. The number of aromatic amines is 1. The summed E-state index contributed by atoms with van der Waals surface area (Å²) >= 11 is 2.01. The average Bonchev–Trinajstić information content (AvgIpc) is 2.93. The van der Waals surface area contributed by atoms with E-state index in [0.717, 1.165) is 9.13 Å². The number of hydrogen-bond acceptors (Lipinski definition) is 5. The molecule has 0 spiro atoms. The summed E-state index contributed by atoms with van der Waals surface area (Å²) in [5.41, 5.74) is 3.57. The van der Waals surface area contributed by atoms with E-state index in [1.54, 1.807) is 38.6 Å². The molecule has 0 fully saturated rings. The lowest BCUT2D eigenvalue weighted by Gasteiger charge is -2.07. The third-order valence-corrected chi connectivity index (χ3v) is 3.43. The number of nitrogens with one attached hydrogen (secondary N) is 2. The van der Waals surface area contributed by atoms with E-state index in [-0.39, 0.29) is 5.91 Å². The van der Waals surface area contributed by atoms with Crippen molar-refractivity contribution in [3.8, 4) is 11.5 Å². The molecule has 0 unspecified atom stereocenters. The van der Waals surface area contributed by atoms with Gasteiger partial charge in [-0.15, -0.1) is 0 Å². The highest BCUT2D eigenvalue weighted by molar-refractivity contribution is 14.1. The molecule has 0 atom stereocenters. The fourth-order valence-corrected chi connectivity index (χ4v) is 2.09. The Morgan fingerprint density at radius 3 is 2.76 bits per heavy atom. The lowest BCUT2D eigenvalue weighted by atomic mass is 10.2. The van der Waals surface area contributed by atoms with Gasteiger partial charge in [0.1, 0.15) is 5.69 Å². The number of amides is 1. The largest absolute Gasteiger partial charge is 0.493 e. The van der Waals surface area contributed by atoms with E-state index in [1.807, 2.05) is 22.6 Å². The number of H-pyrrole nitrogens is 1. The van der Waals surface area contributed by atoms with Crippen LogP contribution < -0.4 is 14.9 Å². The number of ether oxygens (including phenoxy) is 2. The van der Waals surface area contributed by atoms with Gasteiger partial charge in [0, 0.05) is 0 Å². The highest BCUT2D eigenvalue weighted by Gasteiger charge is 2.10. The van der Waals surface area contributed by atoms with Gasteiger partial charge < -0.3 is 9.47 Å². The lowest BCUT2D eigenvalue weighted by Crippen LogP contribution is -2.19. The van der Waals surface area contributed by atoms with Crippen LogP contribution in [0.2, 0.25) is 0 Å². The maximum absolute atomic E-state index is 11.8. The van der Waals surface area contributed by atoms with E-state index in [9.17, 15) is 4.79 Å². The normalized spacial score (nSPS) is 10.6. The first kappa shape index (κ1) is 15.3. The molecule has 0 bridgehead atoms. The molecular weight excluding hydrogens is 387 g/mol. The molecule has 0 aliphatic heterocycles. The van der Waals surface area contributed by atoms with Gasteiger partial charge in [0.2, 0.25) is 0 Å². The smallest absolute Gasteiger partial charge is 0.290 e. The monoisotopic (exact) mass is 400 g/mol. The van der Waals surface area contributed by atoms with E-state index in [2.05, 4.69) is 20.7 Å². The van der Waals surface area contributed by atoms with Crippen LogP contribution in [0.1, 0.15) is 16.1 Å². The number of methoxy groups -OCH3 is 2. The summed E-state index contributed by atoms with van der Waals surface area (Å²) in [6, 6.07) is 5.32. The van der Waals surface area contributed by atoms with Crippen molar-refractivity contribution in [3.63, 3.8) is 0 Å². The van der Waals surface area contributed by atoms with Crippen molar-refractivity contribution in [3.05, 3.63) is 39.2 Å². The van der Waals surface area contributed by atoms with Gasteiger partial charge in [0.05, 0.1) is 30.2 Å². The predicted molar refractivity (Wildman–Crippen MR) is 85.9 cm³/mol. The van der Waals surface area contributed by atoms with Crippen molar-refractivity contribution in [2.45, 2.75) is 0 Å². The zero-order chi connectivity index (χ0) is 15.2. The summed E-state index contributed by atoms with van der Waals surface area (Å²) in [4.78, 5) is 11.8. The number of hydrazone groups is 1. The number of nitrogens with zero attached hydrogens (tertiary/aromatic N) is 2. The molecule has 21 heavy (non-hydrogen) atoms. The fourth-order valence-electron chi connectivity index (χ4n) is 1.59. The van der Waals surface area contributed by atoms with E-state index in [1.165, 1.54) is 6.21 Å². The van der Waals surface area contributed by atoms with E-state index >= 15 is 0 Å². The molecule has 7 nitrogen and oxygen atoms in total. The zero-order valence-electron chi connectivity index (χ0n) is 11.4. The maximum Gasteiger partial charge on any atom is 0.290 e. The highest BCUT2D eigenvalue weighted by Crippen LogP contribution is 2.26. The molecule has 0 aliphatic carbocycles. The van der Waals surface area contributed by atoms with Crippen LogP contribution in [0.5, 0.6) is 11.5 Å². The van der Waals surface area contributed by atoms with Gasteiger partial charge in [-0.25, -0.2) is 5.43 Å². The Morgan fingerprint density at radius 1 is 1.38 bits per heavy atom. The quantitative estimate of drug-likeness (QED) is 0.455. The second-order valence-electron chi connectivity index (χ2n) is 3.91. The minimum atomic E-state index is -0.353. The molecule has 2 aromatic rings. The molecule has 1 aromatic heterocycles. The Morgan fingerprint density at radius 2 is 2.14 bits per heavy atom. The predicted octanol–water partition coefficient (Wildman–Crippen LogP) is 1.80. The number of aromatic nitrogens is 2. The van der Waals surface area contributed by atoms with Crippen molar-refractivity contribution in [1.82, 2.24) is 15.6 Å². The van der Waals surface area contributed by atoms with Crippen LogP contribution in [0.4, 0.5) is 0 Å². The van der Waals surface area contributed by atoms with Crippen LogP contribution in [0.15, 0.2) is 29.5 Å². The minimum Gasteiger partial charge on any atom is -0.493 e. The number of benzene rings is 1. The van der Waals surface area contributed by atoms with Crippen LogP contribution in [-0.2, 0) is 0 Å². The summed E-state index contributed by atoms with van der Waals surface area (Å²) in [6.07, 6.45) is 3.08. The lowest BCUT2D eigenvalue weighted by molar-refractivity contribution is 0.0949. The topological polar surface area (TPSA) is 88.6 Å². The summed E-state index contributed by atoms with van der Waals surface area (Å²) in [5.74, 6) is 0.871. The van der Waals surface area contributed by atoms with Crippen LogP contribution >= 0.6 is 22.6 Å². The number of rotatable bonds is 5. The molecule has 2 N–H and O–H groups in total. The Bertz CT molecular complexity index is 669. The Balaban J connectivity index is 2.05. The highest BCUT2D eigenvalue weighted by atomic mass is 127. The van der Waals surface area contributed by atoms with Crippen molar-refractivity contribution in [2.24, 2.45) is 5.10 Å². The van der Waals surface area contributed by atoms with Crippen LogP contribution in [0.25, 0.3) is 0 Å². The molecule has 1 amide bonds. The number of halogens is 1. The van der Waals surface area contributed by atoms with Crippen molar-refractivity contribution in [2.75, 3.05) is 14.2 Å². The molecule has 8 heteroatoms. The van der Waals surface area contributed by atoms with Crippen LogP contribution in [0.3, 0.4) is 0 Å². The minimum absolute atomic E-state index is 0.353. The Kier molecular flexibility index (Phi) is 5.14. The number of carbonyl (C=O) groups excluding carboxylic acids is 1. The zero-order valence-corrected chi connectivity index (χ0v) is 13.5. The van der Waals surface area contributed by atoms with Gasteiger partial charge in [-0.2, -0.15) is 10.2 Å². The Hall–Kier alpha value is -2.10. The average molecular weight is 400 g/mol. The van der Waals surface area contributed by atoms with Gasteiger partial charge in [0.15, 0.2) is 11.5 Å². The second-order valence-corrected chi connectivity index (χ2v) is 5.07. The van der Waals surface area contributed by atoms with Gasteiger partial charge in [-0.3, -0.25) is 9.89 Å². The van der Waals surface area contributed by atoms with Gasteiger partial charge in [-0.05, 0) is 46.4 Å². The molecule has 110 valence electrons.